The van der Waals surface area contributed by atoms with E-state index in [4.69, 9.17) is 0 Å². The van der Waals surface area contributed by atoms with Crippen LogP contribution in [-0.4, -0.2) is 42.0 Å². The number of hydrogen-bond acceptors (Lipinski definition) is 2. The molecule has 0 aliphatic carbocycles. The minimum atomic E-state index is -5.00. The first-order valence-corrected chi connectivity index (χ1v) is 6.91. The molecule has 1 heterocycles. The highest BCUT2D eigenvalue weighted by Gasteiger charge is 2.40. The Kier molecular flexibility index (Phi) is 5.05. The maximum absolute atomic E-state index is 13.6. The molecule has 2 amide bonds. The zero-order valence-corrected chi connectivity index (χ0v) is 12.1. The molecule has 0 aromatic heterocycles. The van der Waals surface area contributed by atoms with Gasteiger partial charge in [0, 0.05) is 19.1 Å². The second kappa shape index (κ2) is 6.70. The van der Waals surface area contributed by atoms with E-state index >= 15 is 0 Å². The normalized spacial score (nSPS) is 16.2. The van der Waals surface area contributed by atoms with E-state index in [0.29, 0.717) is 6.07 Å². The molecule has 1 aromatic carbocycles. The van der Waals surface area contributed by atoms with Crippen molar-refractivity contribution < 1.29 is 35.9 Å². The van der Waals surface area contributed by atoms with Crippen LogP contribution < -0.4 is 5.32 Å². The summed E-state index contributed by atoms with van der Waals surface area (Å²) in [6.45, 7) is -0.111. The minimum absolute atomic E-state index is 0.0266. The molecule has 24 heavy (non-hydrogen) atoms. The fraction of sp³-hybridized carbons (Fsp3) is 0.429. The largest absolute Gasteiger partial charge is 0.471 e. The van der Waals surface area contributed by atoms with Crippen molar-refractivity contribution in [3.05, 3.63) is 35.1 Å². The molecular weight excluding hydrogens is 342 g/mol. The molecule has 1 saturated heterocycles. The Hall–Kier alpha value is -2.26. The summed E-state index contributed by atoms with van der Waals surface area (Å²) < 4.78 is 76.1. The van der Waals surface area contributed by atoms with E-state index in [0.717, 1.165) is 11.0 Å². The van der Waals surface area contributed by atoms with Crippen molar-refractivity contribution >= 4 is 11.8 Å². The van der Waals surface area contributed by atoms with Crippen LogP contribution in [0, 0.1) is 17.5 Å². The van der Waals surface area contributed by atoms with Gasteiger partial charge in [0.15, 0.2) is 17.5 Å². The van der Waals surface area contributed by atoms with Crippen LogP contribution in [0.3, 0.4) is 0 Å². The monoisotopic (exact) mass is 354 g/mol. The fourth-order valence-corrected chi connectivity index (χ4v) is 2.36. The zero-order valence-electron chi connectivity index (χ0n) is 12.1. The highest BCUT2D eigenvalue weighted by atomic mass is 19.4. The van der Waals surface area contributed by atoms with E-state index < -0.39 is 47.0 Å². The lowest BCUT2D eigenvalue weighted by Gasteiger charge is -2.32. The van der Waals surface area contributed by atoms with Crippen LogP contribution in [0.15, 0.2) is 12.1 Å². The van der Waals surface area contributed by atoms with Crippen molar-refractivity contribution in [3.8, 4) is 0 Å². The van der Waals surface area contributed by atoms with E-state index in [-0.39, 0.29) is 25.9 Å². The molecular formula is C14H12F6N2O2. The Bertz CT molecular complexity index is 653. The Morgan fingerprint density at radius 3 is 2.17 bits per heavy atom. The number of halogens is 6. The number of carbonyl (C=O) groups is 2. The van der Waals surface area contributed by atoms with Crippen LogP contribution in [0.1, 0.15) is 23.2 Å². The smallest absolute Gasteiger partial charge is 0.345 e. The number of rotatable bonds is 2. The van der Waals surface area contributed by atoms with Gasteiger partial charge < -0.3 is 10.2 Å². The third-order valence-electron chi connectivity index (χ3n) is 3.64. The van der Waals surface area contributed by atoms with Crippen LogP contribution in [0.4, 0.5) is 26.3 Å². The first-order valence-electron chi connectivity index (χ1n) is 6.91. The van der Waals surface area contributed by atoms with E-state index in [1.807, 2.05) is 0 Å². The molecule has 1 aromatic rings. The van der Waals surface area contributed by atoms with E-state index in [9.17, 15) is 35.9 Å². The summed E-state index contributed by atoms with van der Waals surface area (Å²) in [5.74, 6) is -7.79. The van der Waals surface area contributed by atoms with Crippen molar-refractivity contribution in [3.63, 3.8) is 0 Å². The topological polar surface area (TPSA) is 49.4 Å². The van der Waals surface area contributed by atoms with Gasteiger partial charge in [-0.05, 0) is 25.0 Å². The van der Waals surface area contributed by atoms with Crippen molar-refractivity contribution in [1.82, 2.24) is 10.2 Å². The third kappa shape index (κ3) is 3.80. The van der Waals surface area contributed by atoms with Gasteiger partial charge >= 0.3 is 12.1 Å². The standard InChI is InChI=1S/C14H12F6N2O2/c15-9-2-1-8(10(16)11(9)17)12(23)22-5-3-7(4-6-22)21-13(24)14(18,19)20/h1-2,7H,3-6H2,(H,21,24). The molecule has 0 radical (unpaired) electrons. The second-order valence-corrected chi connectivity index (χ2v) is 5.26. The number of benzene rings is 1. The number of likely N-dealkylation sites (tertiary alicyclic amines) is 1. The molecule has 1 fully saturated rings. The van der Waals surface area contributed by atoms with Gasteiger partial charge in [0.2, 0.25) is 0 Å². The summed E-state index contributed by atoms with van der Waals surface area (Å²) in [4.78, 5) is 24.0. The van der Waals surface area contributed by atoms with Gasteiger partial charge in [0.05, 0.1) is 5.56 Å². The number of carbonyl (C=O) groups excluding carboxylic acids is 2. The van der Waals surface area contributed by atoms with E-state index in [1.165, 1.54) is 0 Å². The third-order valence-corrected chi connectivity index (χ3v) is 3.64. The van der Waals surface area contributed by atoms with Crippen molar-refractivity contribution in [1.29, 1.82) is 0 Å². The average molecular weight is 354 g/mol. The molecule has 0 spiro atoms. The Balaban J connectivity index is 1.99. The predicted molar refractivity (Wildman–Crippen MR) is 69.4 cm³/mol. The molecule has 10 heteroatoms. The highest BCUT2D eigenvalue weighted by molar-refractivity contribution is 5.94. The summed E-state index contributed by atoms with van der Waals surface area (Å²) in [5, 5.41) is 1.80. The minimum Gasteiger partial charge on any atom is -0.345 e. The molecule has 4 nitrogen and oxygen atoms in total. The Labute approximate surface area is 132 Å². The number of piperidine rings is 1. The molecule has 0 unspecified atom stereocenters. The fourth-order valence-electron chi connectivity index (χ4n) is 2.36. The van der Waals surface area contributed by atoms with Crippen LogP contribution in [0.5, 0.6) is 0 Å². The number of nitrogens with zero attached hydrogens (tertiary/aromatic N) is 1. The second-order valence-electron chi connectivity index (χ2n) is 5.26. The van der Waals surface area contributed by atoms with Gasteiger partial charge in [-0.15, -0.1) is 0 Å². The number of hydrogen-bond donors (Lipinski definition) is 1. The van der Waals surface area contributed by atoms with Gasteiger partial charge in [0.1, 0.15) is 0 Å². The Morgan fingerprint density at radius 1 is 1.04 bits per heavy atom. The lowest BCUT2D eigenvalue weighted by molar-refractivity contribution is -0.174. The quantitative estimate of drug-likeness (QED) is 0.655. The highest BCUT2D eigenvalue weighted by Crippen LogP contribution is 2.21. The molecule has 0 atom stereocenters. The summed E-state index contributed by atoms with van der Waals surface area (Å²) in [6.07, 6.45) is -4.95. The molecule has 132 valence electrons. The van der Waals surface area contributed by atoms with Crippen molar-refractivity contribution in [2.24, 2.45) is 0 Å². The van der Waals surface area contributed by atoms with Gasteiger partial charge in [-0.1, -0.05) is 0 Å². The summed E-state index contributed by atoms with van der Waals surface area (Å²) in [5.41, 5.74) is -0.660. The van der Waals surface area contributed by atoms with Gasteiger partial charge in [-0.3, -0.25) is 9.59 Å². The van der Waals surface area contributed by atoms with Gasteiger partial charge in [0.25, 0.3) is 5.91 Å². The number of alkyl halides is 3. The molecule has 2 rings (SSSR count). The van der Waals surface area contributed by atoms with Gasteiger partial charge in [-0.2, -0.15) is 13.2 Å². The summed E-state index contributed by atoms with van der Waals surface area (Å²) in [6, 6.07) is 0.633. The lowest BCUT2D eigenvalue weighted by atomic mass is 10.0. The zero-order chi connectivity index (χ0) is 18.1. The Morgan fingerprint density at radius 2 is 1.62 bits per heavy atom. The first-order chi connectivity index (χ1) is 11.1. The van der Waals surface area contributed by atoms with Crippen molar-refractivity contribution in [2.45, 2.75) is 25.1 Å². The number of amides is 2. The number of nitrogens with one attached hydrogen (secondary N) is 1. The van der Waals surface area contributed by atoms with Crippen LogP contribution in [0.25, 0.3) is 0 Å². The first kappa shape index (κ1) is 18.1. The van der Waals surface area contributed by atoms with E-state index in [2.05, 4.69) is 0 Å². The van der Waals surface area contributed by atoms with Crippen LogP contribution >= 0.6 is 0 Å². The molecule has 1 N–H and O–H groups in total. The molecule has 1 aliphatic heterocycles. The summed E-state index contributed by atoms with van der Waals surface area (Å²) in [7, 11) is 0. The SMILES string of the molecule is O=C(c1ccc(F)c(F)c1F)N1CCC(NC(=O)C(F)(F)F)CC1. The van der Waals surface area contributed by atoms with Crippen molar-refractivity contribution in [2.75, 3.05) is 13.1 Å². The molecule has 0 bridgehead atoms. The van der Waals surface area contributed by atoms with Crippen LogP contribution in [0.2, 0.25) is 0 Å². The van der Waals surface area contributed by atoms with Gasteiger partial charge in [-0.25, -0.2) is 13.2 Å². The average Bonchev–Trinajstić information content (AvgIpc) is 2.52. The summed E-state index contributed by atoms with van der Waals surface area (Å²) >= 11 is 0. The van der Waals surface area contributed by atoms with Crippen LogP contribution in [-0.2, 0) is 4.79 Å². The van der Waals surface area contributed by atoms with E-state index in [1.54, 1.807) is 5.32 Å². The lowest BCUT2D eigenvalue weighted by Crippen LogP contribution is -2.49. The maximum Gasteiger partial charge on any atom is 0.471 e. The molecule has 1 aliphatic rings. The maximum atomic E-state index is 13.6. The molecule has 0 saturated carbocycles. The predicted octanol–water partition coefficient (Wildman–Crippen LogP) is 2.39.